The molecule has 1 aliphatic heterocycles. The Morgan fingerprint density at radius 1 is 0.906 bits per heavy atom. The molecule has 184 valence electrons. The van der Waals surface area contributed by atoms with Crippen LogP contribution in [0.3, 0.4) is 0 Å². The first-order chi connectivity index (χ1) is 15.3. The Balaban J connectivity index is 1.90. The summed E-state index contributed by atoms with van der Waals surface area (Å²) in [5.41, 5.74) is 0.708. The molecule has 0 saturated carbocycles. The normalized spacial score (nSPS) is 26.2. The highest BCUT2D eigenvalue weighted by Gasteiger charge is 2.46. The molecule has 0 radical (unpaired) electrons. The van der Waals surface area contributed by atoms with Gasteiger partial charge < -0.3 is 29.3 Å². The van der Waals surface area contributed by atoms with Gasteiger partial charge in [0, 0.05) is 0 Å². The van der Waals surface area contributed by atoms with Crippen LogP contribution in [0.25, 0.3) is 0 Å². The van der Waals surface area contributed by atoms with E-state index in [2.05, 4.69) is 6.92 Å². The third-order valence-corrected chi connectivity index (χ3v) is 6.33. The molecule has 0 bridgehead atoms. The van der Waals surface area contributed by atoms with Gasteiger partial charge in [0.25, 0.3) is 0 Å². The second-order valence-corrected chi connectivity index (χ2v) is 9.29. The van der Waals surface area contributed by atoms with Crippen molar-refractivity contribution in [3.63, 3.8) is 0 Å². The van der Waals surface area contributed by atoms with E-state index in [1.165, 1.54) is 38.2 Å². The van der Waals surface area contributed by atoms with E-state index in [0.717, 1.165) is 19.3 Å². The third kappa shape index (κ3) is 8.26. The lowest BCUT2D eigenvalue weighted by Gasteiger charge is -2.38. The number of rotatable bonds is 14. The number of unbranched alkanes of at least 4 members (excludes halogenated alkanes) is 7. The maximum Gasteiger partial charge on any atom is 0.451 e. The van der Waals surface area contributed by atoms with Crippen LogP contribution in [-0.2, 0) is 25.7 Å². The number of hydrogen-bond donors (Lipinski definition) is 4. The lowest BCUT2D eigenvalue weighted by atomic mass is 10.00. The molecule has 10 heteroatoms. The number of aryl methyl sites for hydroxylation is 1. The van der Waals surface area contributed by atoms with Crippen molar-refractivity contribution < 1.29 is 41.9 Å². The Morgan fingerprint density at radius 3 is 2.19 bits per heavy atom. The summed E-state index contributed by atoms with van der Waals surface area (Å²) in [6, 6.07) is 6.71. The van der Waals surface area contributed by atoms with Crippen LogP contribution in [-0.4, -0.2) is 66.2 Å². The minimum absolute atomic E-state index is 0.111. The van der Waals surface area contributed by atoms with E-state index in [4.69, 9.17) is 13.1 Å². The lowest BCUT2D eigenvalue weighted by Crippen LogP contribution is -2.59. The molecule has 32 heavy (non-hydrogen) atoms. The number of aliphatic hydroxyl groups is 4. The minimum Gasteiger partial charge on any atom is -0.394 e. The Morgan fingerprint density at radius 2 is 1.53 bits per heavy atom. The van der Waals surface area contributed by atoms with E-state index in [-0.39, 0.29) is 5.75 Å². The van der Waals surface area contributed by atoms with Gasteiger partial charge in [-0.15, -0.1) is 0 Å². The van der Waals surface area contributed by atoms with Crippen LogP contribution in [0, 0.1) is 0 Å². The highest BCUT2D eigenvalue weighted by atomic mass is 32.3. The molecule has 1 fully saturated rings. The third-order valence-electron chi connectivity index (χ3n) is 5.53. The summed E-state index contributed by atoms with van der Waals surface area (Å²) in [5, 5.41) is 38.8. The van der Waals surface area contributed by atoms with Gasteiger partial charge in [-0.05, 0) is 24.5 Å². The van der Waals surface area contributed by atoms with Gasteiger partial charge >= 0.3 is 10.4 Å². The van der Waals surface area contributed by atoms with Gasteiger partial charge in [-0.3, -0.25) is 0 Å². The minimum atomic E-state index is -4.67. The predicted octanol–water partition coefficient (Wildman–Crippen LogP) is 1.81. The number of benzene rings is 1. The summed E-state index contributed by atoms with van der Waals surface area (Å²) >= 11 is 0. The SMILES string of the molecule is CCCCCCCCCCc1ccccc1OS(=O)(=O)O[C@@H]1O[C@H](CO)[C@@H](O)[C@H](O)[C@@H]1O. The predicted molar refractivity (Wildman–Crippen MR) is 117 cm³/mol. The van der Waals surface area contributed by atoms with Gasteiger partial charge in [-0.2, -0.15) is 8.42 Å². The van der Waals surface area contributed by atoms with Crippen LogP contribution in [0.15, 0.2) is 24.3 Å². The average Bonchev–Trinajstić information content (AvgIpc) is 2.76. The van der Waals surface area contributed by atoms with Crippen molar-refractivity contribution in [1.82, 2.24) is 0 Å². The van der Waals surface area contributed by atoms with Gasteiger partial charge in [-0.25, -0.2) is 4.18 Å². The maximum absolute atomic E-state index is 12.4. The molecular formula is C22H36O9S. The zero-order chi connectivity index (χ0) is 23.6. The fraction of sp³-hybridized carbons (Fsp3) is 0.727. The maximum atomic E-state index is 12.4. The van der Waals surface area contributed by atoms with Crippen molar-refractivity contribution in [3.05, 3.63) is 29.8 Å². The molecular weight excluding hydrogens is 440 g/mol. The summed E-state index contributed by atoms with van der Waals surface area (Å²) < 4.78 is 39.8. The van der Waals surface area contributed by atoms with Gasteiger partial charge in [-0.1, -0.05) is 70.1 Å². The number of aliphatic hydroxyl groups excluding tert-OH is 4. The molecule has 1 aliphatic rings. The summed E-state index contributed by atoms with van der Waals surface area (Å²) in [7, 11) is -4.67. The largest absolute Gasteiger partial charge is 0.451 e. The standard InChI is InChI=1S/C22H36O9S/c1-2-3-4-5-6-7-8-9-12-16-13-10-11-14-17(16)30-32(27,28)31-22-21(26)20(25)19(24)18(15-23)29-22/h10-11,13-14,18-26H,2-9,12,15H2,1H3/t18-,19-,20+,21+,22+/m1/s1. The second-order valence-electron chi connectivity index (χ2n) is 8.12. The summed E-state index contributed by atoms with van der Waals surface area (Å²) in [6.45, 7) is 1.49. The van der Waals surface area contributed by atoms with Crippen LogP contribution < -0.4 is 4.18 Å². The molecule has 4 N–H and O–H groups in total. The topological polar surface area (TPSA) is 143 Å². The molecule has 0 unspecified atom stereocenters. The molecule has 0 aliphatic carbocycles. The quantitative estimate of drug-likeness (QED) is 0.296. The smallest absolute Gasteiger partial charge is 0.394 e. The Labute approximate surface area is 190 Å². The van der Waals surface area contributed by atoms with Crippen molar-refractivity contribution >= 4 is 10.4 Å². The second kappa shape index (κ2) is 13.4. The van der Waals surface area contributed by atoms with Gasteiger partial charge in [0.1, 0.15) is 30.2 Å². The molecule has 0 spiro atoms. The lowest BCUT2D eigenvalue weighted by molar-refractivity contribution is -0.277. The van der Waals surface area contributed by atoms with Gasteiger partial charge in [0.2, 0.25) is 6.29 Å². The Kier molecular flexibility index (Phi) is 11.3. The number of hydrogen-bond acceptors (Lipinski definition) is 9. The molecule has 1 aromatic rings. The first-order valence-electron chi connectivity index (χ1n) is 11.3. The average molecular weight is 477 g/mol. The van der Waals surface area contributed by atoms with E-state index in [0.29, 0.717) is 12.0 Å². The monoisotopic (exact) mass is 476 g/mol. The molecule has 2 rings (SSSR count). The molecule has 0 aromatic heterocycles. The highest BCUT2D eigenvalue weighted by Crippen LogP contribution is 2.26. The van der Waals surface area contributed by atoms with E-state index in [9.17, 15) is 28.8 Å². The van der Waals surface area contributed by atoms with Crippen molar-refractivity contribution in [2.75, 3.05) is 6.61 Å². The van der Waals surface area contributed by atoms with E-state index < -0.39 is 47.7 Å². The van der Waals surface area contributed by atoms with Crippen LogP contribution >= 0.6 is 0 Å². The summed E-state index contributed by atoms with van der Waals surface area (Å²) in [4.78, 5) is 0. The van der Waals surface area contributed by atoms with Crippen molar-refractivity contribution in [1.29, 1.82) is 0 Å². The van der Waals surface area contributed by atoms with Crippen molar-refractivity contribution in [3.8, 4) is 5.75 Å². The van der Waals surface area contributed by atoms with Gasteiger partial charge in [0.05, 0.1) is 6.61 Å². The van der Waals surface area contributed by atoms with Crippen LogP contribution in [0.2, 0.25) is 0 Å². The zero-order valence-electron chi connectivity index (χ0n) is 18.5. The molecule has 1 heterocycles. The van der Waals surface area contributed by atoms with Crippen LogP contribution in [0.1, 0.15) is 63.9 Å². The first kappa shape index (κ1) is 27.0. The van der Waals surface area contributed by atoms with E-state index >= 15 is 0 Å². The first-order valence-corrected chi connectivity index (χ1v) is 12.6. The molecule has 5 atom stereocenters. The molecule has 9 nitrogen and oxygen atoms in total. The Hall–Kier alpha value is -1.27. The molecule has 1 saturated heterocycles. The number of ether oxygens (including phenoxy) is 1. The fourth-order valence-electron chi connectivity index (χ4n) is 3.63. The summed E-state index contributed by atoms with van der Waals surface area (Å²) in [5.74, 6) is 0.111. The van der Waals surface area contributed by atoms with E-state index in [1.54, 1.807) is 18.2 Å². The molecule has 1 aromatic carbocycles. The van der Waals surface area contributed by atoms with Crippen molar-refractivity contribution in [2.24, 2.45) is 0 Å². The summed E-state index contributed by atoms with van der Waals surface area (Å²) in [6.07, 6.45) is 1.53. The van der Waals surface area contributed by atoms with Crippen LogP contribution in [0.5, 0.6) is 5.75 Å². The molecule has 0 amide bonds. The van der Waals surface area contributed by atoms with Crippen molar-refractivity contribution in [2.45, 2.75) is 95.4 Å². The highest BCUT2D eigenvalue weighted by molar-refractivity contribution is 7.82. The fourth-order valence-corrected chi connectivity index (χ4v) is 4.45. The van der Waals surface area contributed by atoms with Gasteiger partial charge in [0.15, 0.2) is 0 Å². The number of para-hydroxylation sites is 1. The van der Waals surface area contributed by atoms with E-state index in [1.807, 2.05) is 0 Å². The van der Waals surface area contributed by atoms with Crippen LogP contribution in [0.4, 0.5) is 0 Å². The zero-order valence-corrected chi connectivity index (χ0v) is 19.3. The Bertz CT molecular complexity index is 768.